The highest BCUT2D eigenvalue weighted by atomic mass is 15.0. The summed E-state index contributed by atoms with van der Waals surface area (Å²) in [5, 5.41) is 0. The monoisotopic (exact) mass is 201 g/mol. The van der Waals surface area contributed by atoms with Crippen LogP contribution in [0.1, 0.15) is 16.7 Å². The first-order valence-corrected chi connectivity index (χ1v) is 5.17. The van der Waals surface area contributed by atoms with Crippen molar-refractivity contribution >= 4 is 6.08 Å². The zero-order chi connectivity index (χ0) is 11.3. The Bertz CT molecular complexity index is 362. The number of hydrogen-bond donors (Lipinski definition) is 0. The minimum atomic E-state index is 0.971. The lowest BCUT2D eigenvalue weighted by molar-refractivity contribution is 0.402. The highest BCUT2D eigenvalue weighted by molar-refractivity contribution is 5.55. The molecule has 0 radical (unpaired) electrons. The van der Waals surface area contributed by atoms with Crippen molar-refractivity contribution in [3.8, 4) is 0 Å². The van der Waals surface area contributed by atoms with Gasteiger partial charge in [-0.05, 0) is 32.1 Å². The van der Waals surface area contributed by atoms with E-state index in [0.29, 0.717) is 0 Å². The number of nitrogens with zero attached hydrogens (tertiary/aromatic N) is 1. The molecule has 1 nitrogen and oxygen atoms in total. The molecule has 0 unspecified atom stereocenters. The SMILES string of the molecule is C=C/C=C/c1ccc(C)cc1CN(C)C. The van der Waals surface area contributed by atoms with Crippen molar-refractivity contribution in [2.75, 3.05) is 14.1 Å². The van der Waals surface area contributed by atoms with Crippen LogP contribution in [-0.2, 0) is 6.54 Å². The van der Waals surface area contributed by atoms with E-state index in [0.717, 1.165) is 6.54 Å². The fourth-order valence-electron chi connectivity index (χ4n) is 1.55. The Kier molecular flexibility index (Phi) is 4.32. The number of allylic oxidation sites excluding steroid dienone is 2. The van der Waals surface area contributed by atoms with Gasteiger partial charge < -0.3 is 4.90 Å². The van der Waals surface area contributed by atoms with Crippen LogP contribution >= 0.6 is 0 Å². The molecule has 15 heavy (non-hydrogen) atoms. The molecule has 1 aromatic carbocycles. The van der Waals surface area contributed by atoms with Crippen LogP contribution in [-0.4, -0.2) is 19.0 Å². The lowest BCUT2D eigenvalue weighted by Gasteiger charge is -2.13. The van der Waals surface area contributed by atoms with Gasteiger partial charge in [0.05, 0.1) is 0 Å². The summed E-state index contributed by atoms with van der Waals surface area (Å²) in [4.78, 5) is 2.18. The van der Waals surface area contributed by atoms with Gasteiger partial charge in [0.2, 0.25) is 0 Å². The van der Waals surface area contributed by atoms with Gasteiger partial charge in [-0.1, -0.05) is 48.6 Å². The van der Waals surface area contributed by atoms with E-state index in [9.17, 15) is 0 Å². The molecule has 1 rings (SSSR count). The van der Waals surface area contributed by atoms with Gasteiger partial charge in [0.25, 0.3) is 0 Å². The van der Waals surface area contributed by atoms with Crippen LogP contribution in [0, 0.1) is 6.92 Å². The van der Waals surface area contributed by atoms with Crippen molar-refractivity contribution in [3.63, 3.8) is 0 Å². The highest BCUT2D eigenvalue weighted by Gasteiger charge is 2.01. The Morgan fingerprint density at radius 1 is 1.33 bits per heavy atom. The standard InChI is InChI=1S/C14H19N/c1-5-6-7-13-9-8-12(2)10-14(13)11-15(3)4/h5-10H,1,11H2,2-4H3/b7-6+. The summed E-state index contributed by atoms with van der Waals surface area (Å²) in [6, 6.07) is 6.54. The summed E-state index contributed by atoms with van der Waals surface area (Å²) in [6.07, 6.45) is 5.88. The normalized spacial score (nSPS) is 11.2. The second-order valence-corrected chi connectivity index (χ2v) is 4.03. The quantitative estimate of drug-likeness (QED) is 0.676. The molecule has 1 heteroatoms. The molecular formula is C14H19N. The molecule has 0 heterocycles. The van der Waals surface area contributed by atoms with Crippen LogP contribution in [0.15, 0.2) is 36.9 Å². The van der Waals surface area contributed by atoms with Crippen molar-refractivity contribution in [1.29, 1.82) is 0 Å². The zero-order valence-corrected chi connectivity index (χ0v) is 9.83. The average molecular weight is 201 g/mol. The van der Waals surface area contributed by atoms with E-state index in [-0.39, 0.29) is 0 Å². The number of benzene rings is 1. The molecule has 0 aliphatic rings. The van der Waals surface area contributed by atoms with Crippen molar-refractivity contribution in [2.45, 2.75) is 13.5 Å². The van der Waals surface area contributed by atoms with Gasteiger partial charge in [-0.15, -0.1) is 0 Å². The van der Waals surface area contributed by atoms with Crippen molar-refractivity contribution in [1.82, 2.24) is 4.90 Å². The van der Waals surface area contributed by atoms with Crippen molar-refractivity contribution < 1.29 is 0 Å². The summed E-state index contributed by atoms with van der Waals surface area (Å²) in [5.41, 5.74) is 3.94. The first-order chi connectivity index (χ1) is 7.13. The van der Waals surface area contributed by atoms with Gasteiger partial charge in [-0.25, -0.2) is 0 Å². The maximum Gasteiger partial charge on any atom is 0.0233 e. The summed E-state index contributed by atoms with van der Waals surface area (Å²) < 4.78 is 0. The molecule has 0 saturated heterocycles. The first kappa shape index (κ1) is 11.7. The van der Waals surface area contributed by atoms with E-state index >= 15 is 0 Å². The topological polar surface area (TPSA) is 3.24 Å². The fourth-order valence-corrected chi connectivity index (χ4v) is 1.55. The van der Waals surface area contributed by atoms with Crippen LogP contribution < -0.4 is 0 Å². The maximum absolute atomic E-state index is 3.69. The van der Waals surface area contributed by atoms with E-state index in [4.69, 9.17) is 0 Å². The predicted octanol–water partition coefficient (Wildman–Crippen LogP) is 3.26. The smallest absolute Gasteiger partial charge is 0.0233 e. The van der Waals surface area contributed by atoms with Gasteiger partial charge in [0.1, 0.15) is 0 Å². The lowest BCUT2D eigenvalue weighted by atomic mass is 10.0. The molecular weight excluding hydrogens is 182 g/mol. The maximum atomic E-state index is 3.69. The van der Waals surface area contributed by atoms with E-state index in [1.54, 1.807) is 6.08 Å². The Labute approximate surface area is 92.7 Å². The molecule has 0 aromatic heterocycles. The van der Waals surface area contributed by atoms with E-state index in [2.05, 4.69) is 56.8 Å². The van der Waals surface area contributed by atoms with Gasteiger partial charge in [0, 0.05) is 6.54 Å². The molecule has 80 valence electrons. The van der Waals surface area contributed by atoms with Crippen LogP contribution in [0.25, 0.3) is 6.08 Å². The molecule has 0 N–H and O–H groups in total. The predicted molar refractivity (Wildman–Crippen MR) is 67.8 cm³/mol. The van der Waals surface area contributed by atoms with E-state index < -0.39 is 0 Å². The van der Waals surface area contributed by atoms with Crippen molar-refractivity contribution in [2.24, 2.45) is 0 Å². The Morgan fingerprint density at radius 2 is 2.07 bits per heavy atom. The summed E-state index contributed by atoms with van der Waals surface area (Å²) in [6.45, 7) is 6.78. The molecule has 0 atom stereocenters. The first-order valence-electron chi connectivity index (χ1n) is 5.17. The lowest BCUT2D eigenvalue weighted by Crippen LogP contribution is -2.11. The van der Waals surface area contributed by atoms with Crippen LogP contribution in [0.5, 0.6) is 0 Å². The highest BCUT2D eigenvalue weighted by Crippen LogP contribution is 2.15. The Hall–Kier alpha value is -1.34. The fraction of sp³-hybridized carbons (Fsp3) is 0.286. The molecule has 0 bridgehead atoms. The molecule has 0 fully saturated rings. The van der Waals surface area contributed by atoms with Gasteiger partial charge in [-0.3, -0.25) is 0 Å². The van der Waals surface area contributed by atoms with Crippen LogP contribution in [0.2, 0.25) is 0 Å². The molecule has 1 aromatic rings. The van der Waals surface area contributed by atoms with Crippen LogP contribution in [0.3, 0.4) is 0 Å². The minimum absolute atomic E-state index is 0.971. The van der Waals surface area contributed by atoms with E-state index in [1.165, 1.54) is 16.7 Å². The molecule has 0 aliphatic carbocycles. The zero-order valence-electron chi connectivity index (χ0n) is 9.83. The number of hydrogen-bond acceptors (Lipinski definition) is 1. The molecule has 0 spiro atoms. The third-order valence-corrected chi connectivity index (χ3v) is 2.20. The second-order valence-electron chi connectivity index (χ2n) is 4.03. The molecule has 0 saturated carbocycles. The molecule has 0 aliphatic heterocycles. The van der Waals surface area contributed by atoms with Gasteiger partial charge in [-0.2, -0.15) is 0 Å². The second kappa shape index (κ2) is 5.52. The summed E-state index contributed by atoms with van der Waals surface area (Å²) >= 11 is 0. The third-order valence-electron chi connectivity index (χ3n) is 2.20. The van der Waals surface area contributed by atoms with Crippen molar-refractivity contribution in [3.05, 3.63) is 53.6 Å². The molecule has 0 amide bonds. The summed E-state index contributed by atoms with van der Waals surface area (Å²) in [5.74, 6) is 0. The van der Waals surface area contributed by atoms with E-state index in [1.807, 2.05) is 6.08 Å². The number of rotatable bonds is 4. The van der Waals surface area contributed by atoms with Gasteiger partial charge in [0.15, 0.2) is 0 Å². The number of aryl methyl sites for hydroxylation is 1. The summed E-state index contributed by atoms with van der Waals surface area (Å²) in [7, 11) is 4.17. The largest absolute Gasteiger partial charge is 0.305 e. The minimum Gasteiger partial charge on any atom is -0.305 e. The van der Waals surface area contributed by atoms with Gasteiger partial charge >= 0.3 is 0 Å². The average Bonchev–Trinajstić information content (AvgIpc) is 2.16. The third kappa shape index (κ3) is 3.72. The Morgan fingerprint density at radius 3 is 2.67 bits per heavy atom. The van der Waals surface area contributed by atoms with Crippen LogP contribution in [0.4, 0.5) is 0 Å². The Balaban J connectivity index is 3.02.